The molecule has 0 radical (unpaired) electrons. The molecule has 1 aliphatic rings. The first kappa shape index (κ1) is 29.0. The fourth-order valence-corrected chi connectivity index (χ4v) is 5.33. The van der Waals surface area contributed by atoms with Crippen LogP contribution in [0.4, 0.5) is 16.3 Å². The van der Waals surface area contributed by atoms with Gasteiger partial charge in [-0.05, 0) is 74.7 Å². The van der Waals surface area contributed by atoms with Crippen LogP contribution < -0.4 is 16.0 Å². The van der Waals surface area contributed by atoms with E-state index in [-0.39, 0.29) is 17.1 Å². The summed E-state index contributed by atoms with van der Waals surface area (Å²) in [5.74, 6) is -1.48. The number of urea groups is 1. The van der Waals surface area contributed by atoms with Gasteiger partial charge in [-0.1, -0.05) is 56.7 Å². The van der Waals surface area contributed by atoms with Crippen molar-refractivity contribution in [1.29, 1.82) is 0 Å². The van der Waals surface area contributed by atoms with Crippen molar-refractivity contribution < 1.29 is 18.8 Å². The third-order valence-electron chi connectivity index (χ3n) is 7.65. The van der Waals surface area contributed by atoms with Crippen LogP contribution in [0.25, 0.3) is 5.69 Å². The van der Waals surface area contributed by atoms with E-state index in [0.717, 1.165) is 42.9 Å². The van der Waals surface area contributed by atoms with Crippen molar-refractivity contribution in [3.63, 3.8) is 0 Å². The van der Waals surface area contributed by atoms with E-state index in [1.807, 2.05) is 49.4 Å². The number of furan rings is 1. The Kier molecular flexibility index (Phi) is 8.40. The predicted octanol–water partition coefficient (Wildman–Crippen LogP) is 6.25. The molecular formula is C33H37N5O4. The molecule has 1 fully saturated rings. The molecule has 0 aliphatic carbocycles. The summed E-state index contributed by atoms with van der Waals surface area (Å²) < 4.78 is 6.98. The number of aryl methyl sites for hydroxylation is 1. The average molecular weight is 568 g/mol. The standard InChI is InChI=1S/C33H37N5O4/c1-21-11-13-23(14-12-21)38-28(20-27(37-38)33(2,3)4)36-32(41)35-25-9-6-5-8-24(25)29(22-15-17-34-18-16-22)31(40)30(39)26-10-7-19-42-26/h5-14,19-20,22,29,34H,15-18H2,1-4H3,(H2,35,36,41). The first-order valence-corrected chi connectivity index (χ1v) is 14.3. The quantitative estimate of drug-likeness (QED) is 0.171. The van der Waals surface area contributed by atoms with Gasteiger partial charge in [0, 0.05) is 17.2 Å². The number of anilines is 2. The lowest BCUT2D eigenvalue weighted by atomic mass is 9.76. The first-order valence-electron chi connectivity index (χ1n) is 14.3. The van der Waals surface area contributed by atoms with Gasteiger partial charge in [-0.2, -0.15) is 5.10 Å². The number of benzene rings is 2. The van der Waals surface area contributed by atoms with Gasteiger partial charge in [0.15, 0.2) is 5.76 Å². The maximum atomic E-state index is 13.7. The molecular weight excluding hydrogens is 530 g/mol. The molecule has 2 amide bonds. The number of nitrogens with zero attached hydrogens (tertiary/aromatic N) is 2. The van der Waals surface area contributed by atoms with Crippen molar-refractivity contribution in [2.45, 2.75) is 51.9 Å². The number of Topliss-reactive ketones (excluding diaryl/α,β-unsaturated/α-hetero) is 2. The van der Waals surface area contributed by atoms with E-state index in [2.05, 4.69) is 36.7 Å². The van der Waals surface area contributed by atoms with Crippen LogP contribution in [0, 0.1) is 12.8 Å². The predicted molar refractivity (Wildman–Crippen MR) is 162 cm³/mol. The SMILES string of the molecule is Cc1ccc(-n2nc(C(C)(C)C)cc2NC(=O)Nc2ccccc2C(C(=O)C(=O)c2ccco2)C2CCNCC2)cc1. The molecule has 0 bridgehead atoms. The van der Waals surface area contributed by atoms with Crippen LogP contribution in [-0.4, -0.2) is 40.5 Å². The number of hydrogen-bond donors (Lipinski definition) is 3. The highest BCUT2D eigenvalue weighted by Gasteiger charge is 2.37. The van der Waals surface area contributed by atoms with Gasteiger partial charge in [-0.15, -0.1) is 0 Å². The molecule has 1 saturated heterocycles. The Hall–Kier alpha value is -4.50. The second kappa shape index (κ2) is 12.2. The molecule has 42 heavy (non-hydrogen) atoms. The molecule has 1 atom stereocenters. The summed E-state index contributed by atoms with van der Waals surface area (Å²) in [5, 5.41) is 14.0. The number of carbonyl (C=O) groups is 3. The maximum absolute atomic E-state index is 13.7. The van der Waals surface area contributed by atoms with Crippen molar-refractivity contribution in [2.24, 2.45) is 5.92 Å². The summed E-state index contributed by atoms with van der Waals surface area (Å²) in [6.07, 6.45) is 2.84. The molecule has 2 aromatic carbocycles. The highest BCUT2D eigenvalue weighted by Crippen LogP contribution is 2.37. The number of rotatable bonds is 8. The Morgan fingerprint density at radius 3 is 2.36 bits per heavy atom. The molecule has 4 aromatic rings. The van der Waals surface area contributed by atoms with Gasteiger partial charge in [0.05, 0.1) is 23.6 Å². The van der Waals surface area contributed by atoms with Gasteiger partial charge in [0.25, 0.3) is 5.78 Å². The largest absolute Gasteiger partial charge is 0.461 e. The fraction of sp³-hybridized carbons (Fsp3) is 0.333. The van der Waals surface area contributed by atoms with Crippen LogP contribution in [0.3, 0.4) is 0 Å². The molecule has 5 rings (SSSR count). The molecule has 9 nitrogen and oxygen atoms in total. The van der Waals surface area contributed by atoms with Crippen LogP contribution in [-0.2, 0) is 10.2 Å². The molecule has 9 heteroatoms. The van der Waals surface area contributed by atoms with Crippen molar-refractivity contribution in [3.8, 4) is 5.69 Å². The Morgan fingerprint density at radius 2 is 1.69 bits per heavy atom. The van der Waals surface area contributed by atoms with E-state index in [4.69, 9.17) is 9.52 Å². The molecule has 0 saturated carbocycles. The van der Waals surface area contributed by atoms with E-state index in [9.17, 15) is 14.4 Å². The first-order chi connectivity index (χ1) is 20.1. The number of ketones is 2. The zero-order valence-corrected chi connectivity index (χ0v) is 24.4. The number of carbonyl (C=O) groups excluding carboxylic acids is 3. The Labute approximate surface area is 245 Å². The highest BCUT2D eigenvalue weighted by atomic mass is 16.3. The monoisotopic (exact) mass is 567 g/mol. The summed E-state index contributed by atoms with van der Waals surface area (Å²) in [4.78, 5) is 40.3. The zero-order valence-electron chi connectivity index (χ0n) is 24.4. The third kappa shape index (κ3) is 6.36. The minimum absolute atomic E-state index is 0.0149. The zero-order chi connectivity index (χ0) is 29.9. The number of piperidine rings is 1. The third-order valence-corrected chi connectivity index (χ3v) is 7.65. The lowest BCUT2D eigenvalue weighted by molar-refractivity contribution is -0.117. The maximum Gasteiger partial charge on any atom is 0.324 e. The van der Waals surface area contributed by atoms with E-state index >= 15 is 0 Å². The molecule has 3 N–H and O–H groups in total. The van der Waals surface area contributed by atoms with Crippen molar-refractivity contribution in [3.05, 3.63) is 95.6 Å². The van der Waals surface area contributed by atoms with Crippen LogP contribution in [0.1, 0.15) is 66.9 Å². The van der Waals surface area contributed by atoms with Crippen molar-refractivity contribution in [1.82, 2.24) is 15.1 Å². The molecule has 0 spiro atoms. The van der Waals surface area contributed by atoms with Crippen molar-refractivity contribution in [2.75, 3.05) is 23.7 Å². The van der Waals surface area contributed by atoms with Crippen LogP contribution in [0.5, 0.6) is 0 Å². The number of aromatic nitrogens is 2. The number of nitrogens with one attached hydrogen (secondary N) is 3. The molecule has 218 valence electrons. The summed E-state index contributed by atoms with van der Waals surface area (Å²) in [5.41, 5.74) is 3.60. The number of amides is 2. The Morgan fingerprint density at radius 1 is 0.976 bits per heavy atom. The smallest absolute Gasteiger partial charge is 0.324 e. The van der Waals surface area contributed by atoms with Gasteiger partial charge in [0.2, 0.25) is 5.78 Å². The lowest BCUT2D eigenvalue weighted by Gasteiger charge is -2.30. The molecule has 1 aliphatic heterocycles. The minimum Gasteiger partial charge on any atom is -0.461 e. The van der Waals surface area contributed by atoms with Gasteiger partial charge in [0.1, 0.15) is 5.82 Å². The molecule has 1 unspecified atom stereocenters. The van der Waals surface area contributed by atoms with Gasteiger partial charge < -0.3 is 15.1 Å². The van der Waals surface area contributed by atoms with E-state index in [1.54, 1.807) is 22.9 Å². The van der Waals surface area contributed by atoms with Crippen molar-refractivity contribution >= 4 is 29.1 Å². The summed E-state index contributed by atoms with van der Waals surface area (Å²) in [6.45, 7) is 9.71. The Balaban J connectivity index is 1.45. The normalized spacial score (nSPS) is 14.8. The van der Waals surface area contributed by atoms with Gasteiger partial charge >= 0.3 is 6.03 Å². The van der Waals surface area contributed by atoms with Gasteiger partial charge in [-0.3, -0.25) is 14.9 Å². The second-order valence-corrected chi connectivity index (χ2v) is 11.8. The van der Waals surface area contributed by atoms with Crippen LogP contribution in [0.2, 0.25) is 0 Å². The lowest BCUT2D eigenvalue weighted by Crippen LogP contribution is -2.36. The molecule has 3 heterocycles. The number of hydrogen-bond acceptors (Lipinski definition) is 6. The number of para-hydroxylation sites is 1. The van der Waals surface area contributed by atoms with Crippen LogP contribution >= 0.6 is 0 Å². The van der Waals surface area contributed by atoms with E-state index < -0.39 is 23.5 Å². The minimum atomic E-state index is -0.730. The summed E-state index contributed by atoms with van der Waals surface area (Å²) in [6, 6.07) is 19.6. The fourth-order valence-electron chi connectivity index (χ4n) is 5.33. The molecule has 2 aromatic heterocycles. The highest BCUT2D eigenvalue weighted by molar-refractivity contribution is 6.44. The second-order valence-electron chi connectivity index (χ2n) is 11.8. The van der Waals surface area contributed by atoms with Gasteiger partial charge in [-0.25, -0.2) is 9.48 Å². The van der Waals surface area contributed by atoms with Crippen LogP contribution in [0.15, 0.2) is 77.4 Å². The Bertz CT molecular complexity index is 1560. The summed E-state index contributed by atoms with van der Waals surface area (Å²) in [7, 11) is 0. The van der Waals surface area contributed by atoms with E-state index in [1.165, 1.54) is 12.3 Å². The summed E-state index contributed by atoms with van der Waals surface area (Å²) >= 11 is 0. The average Bonchev–Trinajstić information content (AvgIpc) is 3.66. The topological polar surface area (TPSA) is 118 Å². The van der Waals surface area contributed by atoms with E-state index in [0.29, 0.717) is 17.1 Å².